The normalized spacial score (nSPS) is 15.0. The lowest BCUT2D eigenvalue weighted by molar-refractivity contribution is -0.0559. The van der Waals surface area contributed by atoms with Crippen molar-refractivity contribution in [2.45, 2.75) is 13.1 Å². The Hall–Kier alpha value is -1.23. The number of hydrogen-bond donors (Lipinski definition) is 0. The number of methoxy groups -OCH3 is 1. The van der Waals surface area contributed by atoms with E-state index in [1.165, 1.54) is 19.3 Å². The monoisotopic (exact) mass is 253 g/mol. The minimum absolute atomic E-state index is 0.00118. The average Bonchev–Trinajstić information content (AvgIpc) is 2.21. The van der Waals surface area contributed by atoms with Gasteiger partial charge in [-0.25, -0.2) is 4.99 Å². The maximum Gasteiger partial charge on any atom is 0.444 e. The summed E-state index contributed by atoms with van der Waals surface area (Å²) in [6, 6.07) is 0. The molecule has 2 nitrogen and oxygen atoms in total. The molecule has 0 atom stereocenters. The average molecular weight is 254 g/mol. The molecule has 0 saturated heterocycles. The molecule has 0 radical (unpaired) electrons. The van der Waals surface area contributed by atoms with Crippen molar-refractivity contribution in [3.8, 4) is 0 Å². The van der Waals surface area contributed by atoms with Gasteiger partial charge < -0.3 is 4.74 Å². The van der Waals surface area contributed by atoms with Crippen molar-refractivity contribution in [1.82, 2.24) is 0 Å². The summed E-state index contributed by atoms with van der Waals surface area (Å²) < 4.78 is 40.9. The molecule has 0 aromatic heterocycles. The van der Waals surface area contributed by atoms with Crippen molar-refractivity contribution in [3.63, 3.8) is 0 Å². The van der Waals surface area contributed by atoms with Gasteiger partial charge in [0.2, 0.25) is 5.17 Å². The fourth-order valence-electron chi connectivity index (χ4n) is 0.598. The summed E-state index contributed by atoms with van der Waals surface area (Å²) in [5, 5.41) is -1.44. The Balaban J connectivity index is 4.98. The zero-order valence-electron chi connectivity index (χ0n) is 8.81. The predicted octanol–water partition coefficient (Wildman–Crippen LogP) is 3.81. The van der Waals surface area contributed by atoms with Crippen LogP contribution in [0, 0.1) is 0 Å². The lowest BCUT2D eigenvalue weighted by atomic mass is 10.3. The van der Waals surface area contributed by atoms with E-state index in [9.17, 15) is 13.2 Å². The number of nitrogens with zero attached hydrogens (tertiary/aromatic N) is 1. The minimum Gasteiger partial charge on any atom is -0.501 e. The Bertz CT molecular complexity index is 342. The van der Waals surface area contributed by atoms with E-state index in [0.717, 1.165) is 6.08 Å². The molecule has 6 heteroatoms. The molecule has 0 spiro atoms. The summed E-state index contributed by atoms with van der Waals surface area (Å²) in [7, 11) is 1.44. The van der Waals surface area contributed by atoms with E-state index in [2.05, 4.69) is 11.6 Å². The third-order valence-electron chi connectivity index (χ3n) is 1.48. The molecule has 0 aromatic carbocycles. The van der Waals surface area contributed by atoms with E-state index in [1.54, 1.807) is 6.92 Å². The van der Waals surface area contributed by atoms with Gasteiger partial charge in [-0.3, -0.25) is 0 Å². The van der Waals surface area contributed by atoms with Gasteiger partial charge in [-0.2, -0.15) is 13.2 Å². The minimum atomic E-state index is -4.65. The standard InChI is InChI=1S/C10H11ClF3NO/c1-4-8(6-5-7(2)16-3)15-9(11)10(12,13)14/h4-6H,1H2,2-3H3/b7-5+,8-6+,15-9-. The van der Waals surface area contributed by atoms with Crippen LogP contribution in [0.2, 0.25) is 0 Å². The number of hydrogen-bond acceptors (Lipinski definition) is 2. The van der Waals surface area contributed by atoms with E-state index in [1.807, 2.05) is 0 Å². The Morgan fingerprint density at radius 2 is 1.94 bits per heavy atom. The van der Waals surface area contributed by atoms with Gasteiger partial charge in [-0.15, -0.1) is 0 Å². The topological polar surface area (TPSA) is 21.6 Å². The molecule has 0 fully saturated rings. The number of aliphatic imine (C=N–C) groups is 1. The van der Waals surface area contributed by atoms with Gasteiger partial charge in [-0.05, 0) is 25.2 Å². The summed E-state index contributed by atoms with van der Waals surface area (Å²) in [5.74, 6) is 0.526. The molecular formula is C10H11ClF3NO. The van der Waals surface area contributed by atoms with Gasteiger partial charge in [0.25, 0.3) is 0 Å². The SMILES string of the molecule is C=CC(=C\C=C(/C)OC)/N=C(\Cl)C(F)(F)F. The Morgan fingerprint density at radius 3 is 2.31 bits per heavy atom. The van der Waals surface area contributed by atoms with Crippen molar-refractivity contribution in [2.75, 3.05) is 7.11 Å². The molecule has 0 bridgehead atoms. The van der Waals surface area contributed by atoms with Gasteiger partial charge in [-0.1, -0.05) is 18.2 Å². The van der Waals surface area contributed by atoms with Crippen LogP contribution in [-0.4, -0.2) is 18.5 Å². The highest BCUT2D eigenvalue weighted by Gasteiger charge is 2.34. The highest BCUT2D eigenvalue weighted by atomic mass is 35.5. The molecule has 0 unspecified atom stereocenters. The third-order valence-corrected chi connectivity index (χ3v) is 1.78. The molecule has 90 valence electrons. The summed E-state index contributed by atoms with van der Waals surface area (Å²) >= 11 is 4.96. The molecule has 0 rings (SSSR count). The van der Waals surface area contributed by atoms with E-state index in [4.69, 9.17) is 16.3 Å². The second kappa shape index (κ2) is 6.37. The highest BCUT2D eigenvalue weighted by molar-refractivity contribution is 6.67. The van der Waals surface area contributed by atoms with Crippen LogP contribution in [0.3, 0.4) is 0 Å². The predicted molar refractivity (Wildman–Crippen MR) is 58.4 cm³/mol. The summed E-state index contributed by atoms with van der Waals surface area (Å²) in [6.45, 7) is 4.97. The van der Waals surface area contributed by atoms with Crippen LogP contribution in [0.4, 0.5) is 13.2 Å². The molecule has 0 heterocycles. The van der Waals surface area contributed by atoms with Gasteiger partial charge in [0, 0.05) is 0 Å². The fourth-order valence-corrected chi connectivity index (χ4v) is 0.696. The zero-order chi connectivity index (χ0) is 12.8. The quantitative estimate of drug-likeness (QED) is 0.424. The molecule has 0 aliphatic rings. The maximum absolute atomic E-state index is 12.0. The van der Waals surface area contributed by atoms with Gasteiger partial charge >= 0.3 is 6.18 Å². The molecule has 0 saturated carbocycles. The number of allylic oxidation sites excluding steroid dienone is 4. The van der Waals surface area contributed by atoms with Crippen molar-refractivity contribution >= 4 is 16.8 Å². The molecule has 0 aliphatic heterocycles. The molecule has 0 aromatic rings. The number of rotatable bonds is 4. The maximum atomic E-state index is 12.0. The Kier molecular flexibility index (Phi) is 5.88. The summed E-state index contributed by atoms with van der Waals surface area (Å²) in [6.07, 6.45) is -0.710. The second-order valence-electron chi connectivity index (χ2n) is 2.68. The van der Waals surface area contributed by atoms with Crippen LogP contribution in [0.25, 0.3) is 0 Å². The highest BCUT2D eigenvalue weighted by Crippen LogP contribution is 2.21. The largest absolute Gasteiger partial charge is 0.501 e. The third kappa shape index (κ3) is 5.60. The first-order valence-electron chi connectivity index (χ1n) is 4.17. The van der Waals surface area contributed by atoms with E-state index < -0.39 is 11.3 Å². The summed E-state index contributed by atoms with van der Waals surface area (Å²) in [5.41, 5.74) is -0.00118. The van der Waals surface area contributed by atoms with Crippen LogP contribution in [0.5, 0.6) is 0 Å². The van der Waals surface area contributed by atoms with Crippen molar-refractivity contribution in [1.29, 1.82) is 0 Å². The Labute approximate surface area is 96.8 Å². The smallest absolute Gasteiger partial charge is 0.444 e. The van der Waals surface area contributed by atoms with Gasteiger partial charge in [0.15, 0.2) is 0 Å². The first kappa shape index (κ1) is 14.8. The summed E-state index contributed by atoms with van der Waals surface area (Å²) in [4.78, 5) is 3.17. The Morgan fingerprint density at radius 1 is 1.38 bits per heavy atom. The van der Waals surface area contributed by atoms with Crippen molar-refractivity contribution in [2.24, 2.45) is 4.99 Å². The van der Waals surface area contributed by atoms with Crippen LogP contribution in [0.1, 0.15) is 6.92 Å². The zero-order valence-corrected chi connectivity index (χ0v) is 9.56. The first-order chi connectivity index (χ1) is 7.31. The van der Waals surface area contributed by atoms with Gasteiger partial charge in [0.05, 0.1) is 18.6 Å². The van der Waals surface area contributed by atoms with E-state index >= 15 is 0 Å². The number of ether oxygens (including phenoxy) is 1. The number of halogens is 4. The second-order valence-corrected chi connectivity index (χ2v) is 3.04. The van der Waals surface area contributed by atoms with Crippen molar-refractivity contribution < 1.29 is 17.9 Å². The fraction of sp³-hybridized carbons (Fsp3) is 0.300. The van der Waals surface area contributed by atoms with Crippen LogP contribution in [-0.2, 0) is 4.74 Å². The molecule has 0 amide bonds. The lowest BCUT2D eigenvalue weighted by Gasteiger charge is -2.03. The molecule has 0 aliphatic carbocycles. The molecule has 16 heavy (non-hydrogen) atoms. The van der Waals surface area contributed by atoms with Gasteiger partial charge in [0.1, 0.15) is 0 Å². The van der Waals surface area contributed by atoms with Crippen LogP contribution < -0.4 is 0 Å². The van der Waals surface area contributed by atoms with E-state index in [0.29, 0.717) is 5.76 Å². The first-order valence-corrected chi connectivity index (χ1v) is 4.55. The van der Waals surface area contributed by atoms with E-state index in [-0.39, 0.29) is 5.70 Å². The molecule has 0 N–H and O–H groups in total. The number of alkyl halides is 3. The molecular weight excluding hydrogens is 243 g/mol. The van der Waals surface area contributed by atoms with Crippen LogP contribution >= 0.6 is 11.6 Å². The van der Waals surface area contributed by atoms with Crippen LogP contribution in [0.15, 0.2) is 41.3 Å². The lowest BCUT2D eigenvalue weighted by Crippen LogP contribution is -2.17. The van der Waals surface area contributed by atoms with Crippen molar-refractivity contribution in [3.05, 3.63) is 36.3 Å².